The summed E-state index contributed by atoms with van der Waals surface area (Å²) in [6, 6.07) is 13.7. The maximum Gasteiger partial charge on any atom is 0.397 e. The van der Waals surface area contributed by atoms with E-state index < -0.39 is 42.7 Å². The first-order valence-corrected chi connectivity index (χ1v) is 13.3. The predicted octanol–water partition coefficient (Wildman–Crippen LogP) is 2.79. The van der Waals surface area contributed by atoms with E-state index in [9.17, 15) is 31.0 Å². The van der Waals surface area contributed by atoms with Gasteiger partial charge in [-0.25, -0.2) is 4.18 Å². The van der Waals surface area contributed by atoms with Crippen LogP contribution in [-0.4, -0.2) is 44.1 Å². The number of nitrogens with one attached hydrogen (secondary N) is 1. The normalized spacial score (nSPS) is 13.3. The quantitative estimate of drug-likeness (QED) is 0.148. The molecule has 13 heteroatoms. The van der Waals surface area contributed by atoms with Crippen LogP contribution in [0.25, 0.3) is 0 Å². The Hall–Kier alpha value is -3.62. The van der Waals surface area contributed by atoms with Crippen LogP contribution in [0.4, 0.5) is 17.1 Å². The standard InChI is InChI=1S/C23H20N2O9S2/c24-21-18(35(28,29)30)12-17(19-20(21)23(27)16-9-2-1-8-15(16)22(19)26)25-14-7-3-5-13(11-14)6-4-10-34-36(31,32)33/h1-3,5,7-9,11-12,25H,4,6,10,24H2,(H,28,29,30)(H,31,32,33). The number of ketones is 2. The van der Waals surface area contributed by atoms with Gasteiger partial charge in [0.25, 0.3) is 10.1 Å². The van der Waals surface area contributed by atoms with Crippen molar-refractivity contribution in [2.45, 2.75) is 17.7 Å². The van der Waals surface area contributed by atoms with Crippen LogP contribution in [0.2, 0.25) is 0 Å². The smallest absolute Gasteiger partial charge is 0.397 e. The molecule has 36 heavy (non-hydrogen) atoms. The zero-order chi connectivity index (χ0) is 26.3. The van der Waals surface area contributed by atoms with Crippen LogP contribution in [0, 0.1) is 0 Å². The van der Waals surface area contributed by atoms with Crippen LogP contribution in [-0.2, 0) is 31.1 Å². The lowest BCUT2D eigenvalue weighted by Crippen LogP contribution is -2.25. The van der Waals surface area contributed by atoms with Crippen LogP contribution >= 0.6 is 0 Å². The summed E-state index contributed by atoms with van der Waals surface area (Å²) in [5, 5.41) is 2.94. The van der Waals surface area contributed by atoms with Gasteiger partial charge in [-0.3, -0.25) is 18.7 Å². The number of benzene rings is 3. The third kappa shape index (κ3) is 5.15. The molecule has 11 nitrogen and oxygen atoms in total. The molecular formula is C23H20N2O9S2. The molecule has 3 aromatic carbocycles. The van der Waals surface area contributed by atoms with E-state index in [2.05, 4.69) is 9.50 Å². The highest BCUT2D eigenvalue weighted by Crippen LogP contribution is 2.40. The fourth-order valence-electron chi connectivity index (χ4n) is 4.01. The van der Waals surface area contributed by atoms with Gasteiger partial charge in [-0.1, -0.05) is 36.4 Å². The summed E-state index contributed by atoms with van der Waals surface area (Å²) in [5.74, 6) is -1.20. The van der Waals surface area contributed by atoms with Crippen molar-refractivity contribution < 1.29 is 39.7 Å². The number of hydrogen-bond donors (Lipinski definition) is 4. The van der Waals surface area contributed by atoms with Crippen molar-refractivity contribution in [2.24, 2.45) is 0 Å². The summed E-state index contributed by atoms with van der Waals surface area (Å²) in [4.78, 5) is 25.9. The van der Waals surface area contributed by atoms with Gasteiger partial charge < -0.3 is 11.1 Å². The molecule has 0 unspecified atom stereocenters. The lowest BCUT2D eigenvalue weighted by atomic mass is 9.82. The molecule has 4 rings (SSSR count). The van der Waals surface area contributed by atoms with Gasteiger partial charge in [-0.15, -0.1) is 0 Å². The molecule has 0 heterocycles. The van der Waals surface area contributed by atoms with E-state index in [-0.39, 0.29) is 41.0 Å². The Morgan fingerprint density at radius 1 is 0.861 bits per heavy atom. The van der Waals surface area contributed by atoms with Gasteiger partial charge in [-0.05, 0) is 36.6 Å². The van der Waals surface area contributed by atoms with E-state index in [1.165, 1.54) is 12.1 Å². The molecule has 1 aliphatic rings. The van der Waals surface area contributed by atoms with Gasteiger partial charge >= 0.3 is 10.4 Å². The lowest BCUT2D eigenvalue weighted by molar-refractivity contribution is 0.0980. The number of aryl methyl sites for hydroxylation is 1. The van der Waals surface area contributed by atoms with Crippen LogP contribution < -0.4 is 11.1 Å². The Balaban J connectivity index is 1.75. The first kappa shape index (κ1) is 25.5. The molecule has 188 valence electrons. The summed E-state index contributed by atoms with van der Waals surface area (Å²) in [5.41, 5.74) is 6.27. The van der Waals surface area contributed by atoms with Crippen molar-refractivity contribution in [1.82, 2.24) is 0 Å². The van der Waals surface area contributed by atoms with Gasteiger partial charge in [0, 0.05) is 16.8 Å². The molecule has 0 fully saturated rings. The predicted molar refractivity (Wildman–Crippen MR) is 130 cm³/mol. The highest BCUT2D eigenvalue weighted by atomic mass is 32.3. The maximum absolute atomic E-state index is 13.4. The van der Waals surface area contributed by atoms with Gasteiger partial charge in [-0.2, -0.15) is 16.8 Å². The van der Waals surface area contributed by atoms with Gasteiger partial charge in [0.05, 0.1) is 29.1 Å². The largest absolute Gasteiger partial charge is 0.397 e. The molecule has 0 radical (unpaired) electrons. The lowest BCUT2D eigenvalue weighted by Gasteiger charge is -2.23. The number of nitrogens with two attached hydrogens (primary N) is 1. The maximum atomic E-state index is 13.4. The number of anilines is 3. The minimum atomic E-state index is -4.85. The van der Waals surface area contributed by atoms with Crippen molar-refractivity contribution in [3.05, 3.63) is 82.4 Å². The molecule has 0 bridgehead atoms. The molecule has 0 saturated carbocycles. The monoisotopic (exact) mass is 532 g/mol. The Labute approximate surface area is 206 Å². The highest BCUT2D eigenvalue weighted by Gasteiger charge is 2.36. The van der Waals surface area contributed by atoms with E-state index in [1.54, 1.807) is 36.4 Å². The summed E-state index contributed by atoms with van der Waals surface area (Å²) in [6.45, 7) is -0.240. The zero-order valence-corrected chi connectivity index (χ0v) is 20.1. The van der Waals surface area contributed by atoms with Crippen LogP contribution in [0.1, 0.15) is 43.8 Å². The average molecular weight is 533 g/mol. The second kappa shape index (κ2) is 9.44. The van der Waals surface area contributed by atoms with Crippen LogP contribution in [0.3, 0.4) is 0 Å². The minimum Gasteiger partial charge on any atom is -0.397 e. The first-order chi connectivity index (χ1) is 16.9. The Morgan fingerprint density at radius 3 is 2.11 bits per heavy atom. The Bertz CT molecular complexity index is 1610. The molecule has 0 saturated heterocycles. The average Bonchev–Trinajstić information content (AvgIpc) is 2.80. The van der Waals surface area contributed by atoms with E-state index in [0.717, 1.165) is 11.6 Å². The summed E-state index contributed by atoms with van der Waals surface area (Å²) >= 11 is 0. The number of nitrogen functional groups attached to an aromatic ring is 1. The summed E-state index contributed by atoms with van der Waals surface area (Å²) < 4.78 is 68.1. The molecule has 0 spiro atoms. The second-order valence-electron chi connectivity index (χ2n) is 7.94. The SMILES string of the molecule is Nc1c(S(=O)(=O)O)cc(Nc2cccc(CCCOS(=O)(=O)O)c2)c2c1C(=O)c1ccccc1C2=O. The molecule has 1 aliphatic carbocycles. The Morgan fingerprint density at radius 2 is 1.50 bits per heavy atom. The van der Waals surface area contributed by atoms with Crippen molar-refractivity contribution in [2.75, 3.05) is 17.7 Å². The van der Waals surface area contributed by atoms with Gasteiger partial charge in [0.2, 0.25) is 0 Å². The molecule has 0 aliphatic heterocycles. The number of rotatable bonds is 8. The highest BCUT2D eigenvalue weighted by molar-refractivity contribution is 7.86. The van der Waals surface area contributed by atoms with E-state index in [1.807, 2.05) is 0 Å². The van der Waals surface area contributed by atoms with Crippen LogP contribution in [0.15, 0.2) is 59.5 Å². The van der Waals surface area contributed by atoms with Crippen molar-refractivity contribution >= 4 is 49.1 Å². The summed E-state index contributed by atoms with van der Waals surface area (Å²) in [6.07, 6.45) is 0.628. The number of carbonyl (C=O) groups is 2. The van der Waals surface area contributed by atoms with Gasteiger partial charge in [0.1, 0.15) is 4.90 Å². The Kier molecular flexibility index (Phi) is 6.68. The third-order valence-electron chi connectivity index (χ3n) is 5.53. The molecule has 0 amide bonds. The van der Waals surface area contributed by atoms with E-state index in [0.29, 0.717) is 12.1 Å². The third-order valence-corrected chi connectivity index (χ3v) is 6.88. The zero-order valence-electron chi connectivity index (χ0n) is 18.5. The van der Waals surface area contributed by atoms with Crippen LogP contribution in [0.5, 0.6) is 0 Å². The number of hydrogen-bond acceptors (Lipinski definition) is 9. The number of fused-ring (bicyclic) bond motifs is 2. The topological polar surface area (TPSA) is 190 Å². The summed E-state index contributed by atoms with van der Waals surface area (Å²) in [7, 11) is -9.39. The minimum absolute atomic E-state index is 0.0495. The van der Waals surface area contributed by atoms with Crippen molar-refractivity contribution in [1.29, 1.82) is 0 Å². The molecule has 3 aromatic rings. The number of carbonyl (C=O) groups excluding carboxylic acids is 2. The van der Waals surface area contributed by atoms with Crippen molar-refractivity contribution in [3.63, 3.8) is 0 Å². The van der Waals surface area contributed by atoms with Crippen molar-refractivity contribution in [3.8, 4) is 0 Å². The van der Waals surface area contributed by atoms with E-state index >= 15 is 0 Å². The van der Waals surface area contributed by atoms with Gasteiger partial charge in [0.15, 0.2) is 11.6 Å². The fourth-order valence-corrected chi connectivity index (χ4v) is 4.98. The molecule has 0 aromatic heterocycles. The first-order valence-electron chi connectivity index (χ1n) is 10.5. The molecular weight excluding hydrogens is 512 g/mol. The van der Waals surface area contributed by atoms with E-state index in [4.69, 9.17) is 10.3 Å². The molecule has 5 N–H and O–H groups in total. The second-order valence-corrected chi connectivity index (χ2v) is 10.4. The fraction of sp³-hybridized carbons (Fsp3) is 0.130. The molecule has 0 atom stereocenters.